The molecule has 0 N–H and O–H groups in total. The monoisotopic (exact) mass is 569 g/mol. The summed E-state index contributed by atoms with van der Waals surface area (Å²) in [5, 5.41) is 0.417. The molecule has 1 unspecified atom stereocenters. The van der Waals surface area contributed by atoms with Gasteiger partial charge < -0.3 is 9.47 Å². The number of halogens is 1. The number of nitrogens with zero attached hydrogens (tertiary/aromatic N) is 1. The third-order valence-electron chi connectivity index (χ3n) is 7.33. The fraction of sp³-hybridized carbons (Fsp3) is 0.448. The first-order valence-corrected chi connectivity index (χ1v) is 13.9. The van der Waals surface area contributed by atoms with Crippen LogP contribution in [0.5, 0.6) is 0 Å². The molecule has 0 spiro atoms. The van der Waals surface area contributed by atoms with E-state index >= 15 is 0 Å². The van der Waals surface area contributed by atoms with Crippen molar-refractivity contribution in [3.05, 3.63) is 71.3 Å². The Balaban J connectivity index is 1.24. The molecule has 0 aromatic heterocycles. The van der Waals surface area contributed by atoms with Gasteiger partial charge in [-0.2, -0.15) is 0 Å². The highest BCUT2D eigenvalue weighted by Crippen LogP contribution is 2.36. The number of ketones is 2. The molecule has 4 rings (SSSR count). The summed E-state index contributed by atoms with van der Waals surface area (Å²) in [5.74, 6) is -0.0700. The summed E-state index contributed by atoms with van der Waals surface area (Å²) in [6, 6.07) is 16.0. The van der Waals surface area contributed by atoms with Crippen molar-refractivity contribution in [2.24, 2.45) is 5.92 Å². The number of alkyl halides is 1. The number of ether oxygens (including phenoxy) is 2. The second-order valence-electron chi connectivity index (χ2n) is 9.69. The molecule has 1 heterocycles. The number of esters is 1. The average molecular weight is 570 g/mol. The minimum atomic E-state index is -0.745. The molecular weight excluding hydrogens is 538 g/mol. The number of carbonyl (C=O) groups is 4. The van der Waals surface area contributed by atoms with Gasteiger partial charge in [0.1, 0.15) is 18.4 Å². The summed E-state index contributed by atoms with van der Waals surface area (Å²) >= 11 is 3.26. The molecule has 37 heavy (non-hydrogen) atoms. The first kappa shape index (κ1) is 27.0. The summed E-state index contributed by atoms with van der Waals surface area (Å²) in [5.41, 5.74) is 2.50. The van der Waals surface area contributed by atoms with E-state index in [-0.39, 0.29) is 30.7 Å². The summed E-state index contributed by atoms with van der Waals surface area (Å²) in [7, 11) is 0. The molecule has 7 nitrogen and oxygen atoms in total. The maximum absolute atomic E-state index is 12.7. The van der Waals surface area contributed by atoms with E-state index in [2.05, 4.69) is 15.9 Å². The van der Waals surface area contributed by atoms with E-state index in [4.69, 9.17) is 9.47 Å². The van der Waals surface area contributed by atoms with Crippen LogP contribution >= 0.6 is 15.9 Å². The van der Waals surface area contributed by atoms with Crippen molar-refractivity contribution in [1.82, 2.24) is 4.90 Å². The van der Waals surface area contributed by atoms with Gasteiger partial charge in [0.2, 0.25) is 0 Å². The van der Waals surface area contributed by atoms with Crippen molar-refractivity contribution < 1.29 is 28.7 Å². The first-order valence-electron chi connectivity index (χ1n) is 12.8. The normalized spacial score (nSPS) is 21.3. The Labute approximate surface area is 225 Å². The number of hydrogen-bond donors (Lipinski definition) is 0. The molecule has 8 heteroatoms. The molecule has 1 amide bonds. The fourth-order valence-electron chi connectivity index (χ4n) is 5.15. The van der Waals surface area contributed by atoms with Crippen LogP contribution in [0.4, 0.5) is 4.79 Å². The van der Waals surface area contributed by atoms with Crippen molar-refractivity contribution in [2.75, 3.05) is 18.5 Å². The van der Waals surface area contributed by atoms with Gasteiger partial charge in [0.25, 0.3) is 0 Å². The molecule has 1 saturated carbocycles. The summed E-state index contributed by atoms with van der Waals surface area (Å²) in [6.45, 7) is 0.166. The lowest BCUT2D eigenvalue weighted by molar-refractivity contribution is -0.147. The quantitative estimate of drug-likeness (QED) is 0.226. The number of benzene rings is 2. The molecule has 1 aliphatic carbocycles. The van der Waals surface area contributed by atoms with Crippen LogP contribution in [0, 0.1) is 5.92 Å². The first-order chi connectivity index (χ1) is 18.0. The molecule has 1 atom stereocenters. The van der Waals surface area contributed by atoms with E-state index < -0.39 is 18.1 Å². The van der Waals surface area contributed by atoms with Crippen LogP contribution in [0.25, 0.3) is 0 Å². The highest BCUT2D eigenvalue weighted by molar-refractivity contribution is 9.09. The van der Waals surface area contributed by atoms with Gasteiger partial charge in [-0.05, 0) is 55.6 Å². The lowest BCUT2D eigenvalue weighted by atomic mass is 9.77. The van der Waals surface area contributed by atoms with Crippen LogP contribution < -0.4 is 0 Å². The number of carbonyl (C=O) groups excluding carboxylic acids is 4. The molecule has 1 saturated heterocycles. The van der Waals surface area contributed by atoms with Crippen molar-refractivity contribution >= 4 is 39.6 Å². The Bertz CT molecular complexity index is 1100. The molecular formula is C29H32BrNO6. The molecule has 0 radical (unpaired) electrons. The van der Waals surface area contributed by atoms with Gasteiger partial charge in [-0.25, -0.2) is 9.59 Å². The summed E-state index contributed by atoms with van der Waals surface area (Å²) in [6.07, 6.45) is 4.29. The number of likely N-dealkylation sites (tertiary alicyclic amines) is 1. The number of amides is 1. The Morgan fingerprint density at radius 3 is 2.24 bits per heavy atom. The van der Waals surface area contributed by atoms with Crippen LogP contribution in [0.15, 0.2) is 54.6 Å². The SMILES string of the molecule is O=C(COC(=O)C1CCCN1C(=O)OCc1ccccc1)c1ccc([C@H]2CC[C@H](C(=O)CBr)CC2)cc1. The van der Waals surface area contributed by atoms with E-state index in [9.17, 15) is 19.2 Å². The number of hydrogen-bond acceptors (Lipinski definition) is 6. The zero-order valence-electron chi connectivity index (χ0n) is 20.8. The van der Waals surface area contributed by atoms with Gasteiger partial charge >= 0.3 is 12.1 Å². The van der Waals surface area contributed by atoms with Gasteiger partial charge in [-0.15, -0.1) is 0 Å². The molecule has 2 aromatic rings. The van der Waals surface area contributed by atoms with Gasteiger partial charge in [0.15, 0.2) is 12.4 Å². The van der Waals surface area contributed by atoms with Crippen molar-refractivity contribution in [1.29, 1.82) is 0 Å². The fourth-order valence-corrected chi connectivity index (χ4v) is 5.61. The molecule has 2 aliphatic rings. The van der Waals surface area contributed by atoms with Crippen LogP contribution in [-0.4, -0.2) is 53.1 Å². The van der Waals surface area contributed by atoms with Gasteiger partial charge in [-0.3, -0.25) is 14.5 Å². The maximum Gasteiger partial charge on any atom is 0.410 e. The molecule has 1 aliphatic heterocycles. The summed E-state index contributed by atoms with van der Waals surface area (Å²) < 4.78 is 10.7. The zero-order valence-corrected chi connectivity index (χ0v) is 22.4. The highest BCUT2D eigenvalue weighted by atomic mass is 79.9. The molecule has 2 aromatic carbocycles. The smallest absolute Gasteiger partial charge is 0.410 e. The van der Waals surface area contributed by atoms with E-state index in [1.54, 1.807) is 12.1 Å². The van der Waals surface area contributed by atoms with E-state index in [0.29, 0.717) is 36.2 Å². The second kappa shape index (κ2) is 13.0. The third-order valence-corrected chi connectivity index (χ3v) is 7.88. The predicted octanol–water partition coefficient (Wildman–Crippen LogP) is 5.45. The number of Topliss-reactive ketones (excluding diaryl/α,β-unsaturated/α-hetero) is 2. The van der Waals surface area contributed by atoms with Crippen LogP contribution in [0.2, 0.25) is 0 Å². The van der Waals surface area contributed by atoms with Crippen LogP contribution in [0.3, 0.4) is 0 Å². The number of rotatable bonds is 9. The third kappa shape index (κ3) is 7.06. The molecule has 2 fully saturated rings. The predicted molar refractivity (Wildman–Crippen MR) is 142 cm³/mol. The second-order valence-corrected chi connectivity index (χ2v) is 10.3. The van der Waals surface area contributed by atoms with Gasteiger partial charge in [-0.1, -0.05) is 70.5 Å². The largest absolute Gasteiger partial charge is 0.456 e. The standard InChI is InChI=1S/C29H32BrNO6/c30-17-26(32)23-12-8-21(9-13-23)22-10-14-24(15-11-22)27(33)19-36-28(34)25-7-4-16-31(25)29(35)37-18-20-5-2-1-3-6-20/h1-3,5-6,10-11,14-15,21,23,25H,4,7-9,12-13,16-19H2/t21-,23-,25?. The highest BCUT2D eigenvalue weighted by Gasteiger charge is 2.36. The Morgan fingerprint density at radius 1 is 0.865 bits per heavy atom. The lowest BCUT2D eigenvalue weighted by Gasteiger charge is -2.27. The lowest BCUT2D eigenvalue weighted by Crippen LogP contribution is -2.42. The van der Waals surface area contributed by atoms with Crippen molar-refractivity contribution in [3.8, 4) is 0 Å². The minimum Gasteiger partial charge on any atom is -0.456 e. The molecule has 196 valence electrons. The van der Waals surface area contributed by atoms with Crippen molar-refractivity contribution in [3.63, 3.8) is 0 Å². The van der Waals surface area contributed by atoms with Gasteiger partial charge in [0.05, 0.1) is 5.33 Å². The van der Waals surface area contributed by atoms with Crippen LogP contribution in [-0.2, 0) is 25.7 Å². The Morgan fingerprint density at radius 2 is 1.57 bits per heavy atom. The summed E-state index contributed by atoms with van der Waals surface area (Å²) in [4.78, 5) is 51.2. The molecule has 0 bridgehead atoms. The Kier molecular flexibility index (Phi) is 9.50. The average Bonchev–Trinajstić information content (AvgIpc) is 3.45. The van der Waals surface area contributed by atoms with E-state index in [1.807, 2.05) is 42.5 Å². The topological polar surface area (TPSA) is 90.0 Å². The Hall–Kier alpha value is -3.00. The van der Waals surface area contributed by atoms with E-state index in [1.165, 1.54) is 4.90 Å². The maximum atomic E-state index is 12.7. The van der Waals surface area contributed by atoms with Crippen LogP contribution in [0.1, 0.15) is 65.9 Å². The van der Waals surface area contributed by atoms with Gasteiger partial charge in [0, 0.05) is 18.0 Å². The minimum absolute atomic E-state index is 0.128. The van der Waals surface area contributed by atoms with Crippen molar-refractivity contribution in [2.45, 2.75) is 57.1 Å². The van der Waals surface area contributed by atoms with E-state index in [0.717, 1.165) is 36.8 Å². The zero-order chi connectivity index (χ0) is 26.2.